The van der Waals surface area contributed by atoms with Crippen molar-refractivity contribution < 1.29 is 9.53 Å². The molecule has 0 aliphatic heterocycles. The summed E-state index contributed by atoms with van der Waals surface area (Å²) in [5.41, 5.74) is 6.37. The van der Waals surface area contributed by atoms with Crippen LogP contribution >= 0.6 is 0 Å². The normalized spacial score (nSPS) is 10.5. The third-order valence-corrected chi connectivity index (χ3v) is 4.05. The van der Waals surface area contributed by atoms with E-state index in [0.717, 1.165) is 22.4 Å². The van der Waals surface area contributed by atoms with E-state index in [1.807, 2.05) is 58.9 Å². The van der Waals surface area contributed by atoms with Gasteiger partial charge in [-0.3, -0.25) is 4.79 Å². The van der Waals surface area contributed by atoms with Crippen LogP contribution in [0.1, 0.15) is 38.2 Å². The molecule has 110 valence electrons. The number of hydrogen-bond acceptors (Lipinski definition) is 2. The van der Waals surface area contributed by atoms with E-state index in [2.05, 4.69) is 6.07 Å². The summed E-state index contributed by atoms with van der Waals surface area (Å²) in [6.07, 6.45) is 0. The molecule has 0 fully saturated rings. The molecular weight excluding hydrogens is 260 g/mol. The van der Waals surface area contributed by atoms with Crippen molar-refractivity contribution in [1.82, 2.24) is 0 Å². The maximum Gasteiger partial charge on any atom is 0.200 e. The Labute approximate surface area is 126 Å². The Morgan fingerprint density at radius 3 is 2.14 bits per heavy atom. The van der Waals surface area contributed by atoms with Crippen molar-refractivity contribution in [2.45, 2.75) is 34.6 Å². The number of carbonyl (C=O) groups is 1. The number of hydrogen-bond donors (Lipinski definition) is 0. The average molecular weight is 282 g/mol. The Morgan fingerprint density at radius 1 is 0.857 bits per heavy atom. The molecule has 0 radical (unpaired) electrons. The van der Waals surface area contributed by atoms with Gasteiger partial charge in [-0.1, -0.05) is 24.3 Å². The first kappa shape index (κ1) is 15.3. The molecular formula is C19H22O2. The van der Waals surface area contributed by atoms with Crippen LogP contribution in [0.25, 0.3) is 0 Å². The molecule has 2 aromatic carbocycles. The van der Waals surface area contributed by atoms with Crippen LogP contribution in [0.3, 0.4) is 0 Å². The van der Waals surface area contributed by atoms with E-state index >= 15 is 0 Å². The van der Waals surface area contributed by atoms with Gasteiger partial charge < -0.3 is 4.74 Å². The van der Waals surface area contributed by atoms with Gasteiger partial charge in [-0.05, 0) is 68.5 Å². The molecule has 0 saturated carbocycles. The van der Waals surface area contributed by atoms with Crippen molar-refractivity contribution >= 4 is 5.78 Å². The molecule has 0 aliphatic carbocycles. The second kappa shape index (κ2) is 6.13. The van der Waals surface area contributed by atoms with Crippen molar-refractivity contribution in [3.05, 3.63) is 63.7 Å². The van der Waals surface area contributed by atoms with E-state index in [1.54, 1.807) is 0 Å². The standard InChI is InChI=1S/C19H22O2/c1-12-8-9-17(10-15(12)4)18(20)11-21-19-14(3)7-6-13(2)16(19)5/h6-10H,11H2,1-5H3. The molecule has 0 saturated heterocycles. The number of rotatable bonds is 4. The first-order chi connectivity index (χ1) is 9.90. The summed E-state index contributed by atoms with van der Waals surface area (Å²) in [5, 5.41) is 0. The van der Waals surface area contributed by atoms with Gasteiger partial charge >= 0.3 is 0 Å². The number of carbonyl (C=O) groups excluding carboxylic acids is 1. The molecule has 0 aliphatic rings. The van der Waals surface area contributed by atoms with E-state index in [1.165, 1.54) is 11.1 Å². The smallest absolute Gasteiger partial charge is 0.200 e. The van der Waals surface area contributed by atoms with Crippen molar-refractivity contribution in [3.8, 4) is 5.75 Å². The molecule has 0 spiro atoms. The molecule has 2 heteroatoms. The van der Waals surface area contributed by atoms with Crippen molar-refractivity contribution in [3.63, 3.8) is 0 Å². The molecule has 2 nitrogen and oxygen atoms in total. The molecule has 0 unspecified atom stereocenters. The zero-order valence-corrected chi connectivity index (χ0v) is 13.4. The third kappa shape index (κ3) is 3.33. The minimum Gasteiger partial charge on any atom is -0.485 e. The van der Waals surface area contributed by atoms with Crippen molar-refractivity contribution in [1.29, 1.82) is 0 Å². The highest BCUT2D eigenvalue weighted by Gasteiger charge is 2.11. The summed E-state index contributed by atoms with van der Waals surface area (Å²) < 4.78 is 5.79. The van der Waals surface area contributed by atoms with Gasteiger partial charge in [-0.15, -0.1) is 0 Å². The Hall–Kier alpha value is -2.09. The Balaban J connectivity index is 2.15. The van der Waals surface area contributed by atoms with E-state index in [4.69, 9.17) is 4.74 Å². The SMILES string of the molecule is Cc1ccc(C(=O)COc2c(C)ccc(C)c2C)cc1C. The molecule has 0 amide bonds. The van der Waals surface area contributed by atoms with Crippen LogP contribution < -0.4 is 4.74 Å². The van der Waals surface area contributed by atoms with Crippen LogP contribution in [0.15, 0.2) is 30.3 Å². The molecule has 0 heterocycles. The summed E-state index contributed by atoms with van der Waals surface area (Å²) in [5.74, 6) is 0.839. The third-order valence-electron chi connectivity index (χ3n) is 4.05. The fourth-order valence-electron chi connectivity index (χ4n) is 2.28. The minimum absolute atomic E-state index is 0.0124. The second-order valence-corrected chi connectivity index (χ2v) is 5.66. The Kier molecular flexibility index (Phi) is 4.46. The maximum atomic E-state index is 12.3. The minimum atomic E-state index is 0.0124. The fraction of sp³-hybridized carbons (Fsp3) is 0.316. The second-order valence-electron chi connectivity index (χ2n) is 5.66. The van der Waals surface area contributed by atoms with E-state index in [0.29, 0.717) is 5.56 Å². The van der Waals surface area contributed by atoms with Crippen LogP contribution in [0, 0.1) is 34.6 Å². The number of ketones is 1. The first-order valence-electron chi connectivity index (χ1n) is 7.20. The molecule has 21 heavy (non-hydrogen) atoms. The summed E-state index contributed by atoms with van der Waals surface area (Å²) in [6.45, 7) is 10.2. The van der Waals surface area contributed by atoms with Crippen molar-refractivity contribution in [2.75, 3.05) is 6.61 Å². The molecule has 0 bridgehead atoms. The zero-order valence-electron chi connectivity index (χ0n) is 13.4. The summed E-state index contributed by atoms with van der Waals surface area (Å²) in [4.78, 5) is 12.3. The van der Waals surface area contributed by atoms with E-state index in [9.17, 15) is 4.79 Å². The maximum absolute atomic E-state index is 12.3. The number of ether oxygens (including phenoxy) is 1. The summed E-state index contributed by atoms with van der Waals surface area (Å²) >= 11 is 0. The first-order valence-corrected chi connectivity index (χ1v) is 7.20. The van der Waals surface area contributed by atoms with Gasteiger partial charge in [-0.2, -0.15) is 0 Å². The topological polar surface area (TPSA) is 26.3 Å². The van der Waals surface area contributed by atoms with Crippen LogP contribution in [-0.2, 0) is 0 Å². The Morgan fingerprint density at radius 2 is 1.48 bits per heavy atom. The van der Waals surface area contributed by atoms with Crippen LogP contribution in [0.2, 0.25) is 0 Å². The predicted molar refractivity (Wildman–Crippen MR) is 86.4 cm³/mol. The number of Topliss-reactive ketones (excluding diaryl/α,β-unsaturated/α-hetero) is 1. The number of aryl methyl sites for hydroxylation is 4. The van der Waals surface area contributed by atoms with Gasteiger partial charge in [0, 0.05) is 5.56 Å². The molecule has 0 N–H and O–H groups in total. The molecule has 2 aromatic rings. The predicted octanol–water partition coefficient (Wildman–Crippen LogP) is 4.49. The fourth-order valence-corrected chi connectivity index (χ4v) is 2.28. The van der Waals surface area contributed by atoms with Gasteiger partial charge in [0.25, 0.3) is 0 Å². The van der Waals surface area contributed by atoms with Crippen LogP contribution in [0.5, 0.6) is 5.75 Å². The van der Waals surface area contributed by atoms with Gasteiger partial charge in [0.1, 0.15) is 5.75 Å². The van der Waals surface area contributed by atoms with Crippen molar-refractivity contribution in [2.24, 2.45) is 0 Å². The molecule has 0 aromatic heterocycles. The number of benzene rings is 2. The average Bonchev–Trinajstić information content (AvgIpc) is 2.45. The van der Waals surface area contributed by atoms with Crippen LogP contribution in [0.4, 0.5) is 0 Å². The zero-order chi connectivity index (χ0) is 15.6. The lowest BCUT2D eigenvalue weighted by molar-refractivity contribution is 0.0920. The lowest BCUT2D eigenvalue weighted by atomic mass is 10.0. The van der Waals surface area contributed by atoms with E-state index in [-0.39, 0.29) is 12.4 Å². The largest absolute Gasteiger partial charge is 0.485 e. The Bertz CT molecular complexity index is 684. The highest BCUT2D eigenvalue weighted by atomic mass is 16.5. The highest BCUT2D eigenvalue weighted by Crippen LogP contribution is 2.25. The summed E-state index contributed by atoms with van der Waals surface area (Å²) in [6, 6.07) is 9.87. The monoisotopic (exact) mass is 282 g/mol. The van der Waals surface area contributed by atoms with Gasteiger partial charge in [0.15, 0.2) is 12.4 Å². The summed E-state index contributed by atoms with van der Waals surface area (Å²) in [7, 11) is 0. The quantitative estimate of drug-likeness (QED) is 0.772. The van der Waals surface area contributed by atoms with Crippen LogP contribution in [-0.4, -0.2) is 12.4 Å². The molecule has 2 rings (SSSR count). The van der Waals surface area contributed by atoms with Gasteiger partial charge in [-0.25, -0.2) is 0 Å². The lowest BCUT2D eigenvalue weighted by Gasteiger charge is -2.13. The highest BCUT2D eigenvalue weighted by molar-refractivity contribution is 5.97. The molecule has 0 atom stereocenters. The van der Waals surface area contributed by atoms with Gasteiger partial charge in [0.2, 0.25) is 0 Å². The lowest BCUT2D eigenvalue weighted by Crippen LogP contribution is -2.13. The van der Waals surface area contributed by atoms with Gasteiger partial charge in [0.05, 0.1) is 0 Å². The van der Waals surface area contributed by atoms with E-state index < -0.39 is 0 Å².